The zero-order valence-electron chi connectivity index (χ0n) is 3.19. The highest BCUT2D eigenvalue weighted by Crippen LogP contribution is 1.69. The average Bonchev–Trinajstić information content (AvgIpc) is 1.65. The Bertz CT molecular complexity index is 51.5. The van der Waals surface area contributed by atoms with E-state index < -0.39 is 6.09 Å². The fraction of sp³-hybridized carbons (Fsp3) is 0. The van der Waals surface area contributed by atoms with Crippen molar-refractivity contribution in [3.63, 3.8) is 0 Å². The van der Waals surface area contributed by atoms with Crippen LogP contribution in [0.25, 0.3) is 0 Å². The monoisotopic (exact) mass is 109 g/mol. The van der Waals surface area contributed by atoms with E-state index in [-0.39, 0.29) is 0 Å². The number of nitrogens with one attached hydrogen (secondary N) is 1. The first-order valence-corrected chi connectivity index (χ1v) is 2.31. The van der Waals surface area contributed by atoms with E-state index in [2.05, 4.69) is 4.94 Å². The van der Waals surface area contributed by atoms with E-state index in [0.717, 1.165) is 0 Å². The Labute approximate surface area is 36.9 Å². The molecule has 0 atom stereocenters. The van der Waals surface area contributed by atoms with E-state index in [9.17, 15) is 9.32 Å². The minimum absolute atomic E-state index is 0.418. The molecule has 6 heavy (non-hydrogen) atoms. The van der Waals surface area contributed by atoms with Crippen molar-refractivity contribution in [3.05, 3.63) is 0 Å². The summed E-state index contributed by atoms with van der Waals surface area (Å²) in [6.45, 7) is 0. The second kappa shape index (κ2) is 2.64. The normalized spacial score (nSPS) is 7.50. The van der Waals surface area contributed by atoms with Crippen molar-refractivity contribution in [1.29, 1.82) is 0 Å². The van der Waals surface area contributed by atoms with Gasteiger partial charge in [0.2, 0.25) is 0 Å². The molecule has 0 bridgehead atoms. The number of carbonyl (C=O) groups excluding carboxylic acids is 1. The first-order valence-electron chi connectivity index (χ1n) is 1.31. The van der Waals surface area contributed by atoms with E-state index in [0.29, 0.717) is 10.4 Å². The molecule has 0 aromatic heterocycles. The molecule has 3 nitrogen and oxygen atoms in total. The molecule has 0 fully saturated rings. The summed E-state index contributed by atoms with van der Waals surface area (Å²) in [6.07, 6.45) is -1.01. The molecule has 0 unspecified atom stereocenters. The molecule has 0 radical (unpaired) electrons. The van der Waals surface area contributed by atoms with Gasteiger partial charge < -0.3 is 4.98 Å². The zero-order valence-corrected chi connectivity index (χ0v) is 5.19. The van der Waals surface area contributed by atoms with Gasteiger partial charge in [-0.3, -0.25) is 0 Å². The van der Waals surface area contributed by atoms with Crippen molar-refractivity contribution in [2.75, 3.05) is 0 Å². The molecule has 1 amide bonds. The average molecular weight is 109 g/mol. The Morgan fingerprint density at radius 2 is 2.50 bits per heavy atom. The molecular weight excluding hydrogens is 105 g/mol. The van der Waals surface area contributed by atoms with E-state index in [4.69, 9.17) is 0 Å². The fourth-order valence-corrected chi connectivity index (χ4v) is 0.116. The van der Waals surface area contributed by atoms with E-state index in [1.807, 2.05) is 4.98 Å². The predicted molar refractivity (Wildman–Crippen MR) is 20.7 cm³/mol. The highest BCUT2D eigenvalue weighted by atomic mass is 28.2. The highest BCUT2D eigenvalue weighted by molar-refractivity contribution is 6.12. The van der Waals surface area contributed by atoms with Crippen LogP contribution in [0.1, 0.15) is 0 Å². The van der Waals surface area contributed by atoms with Gasteiger partial charge in [0.1, 0.15) is 10.4 Å². The minimum Gasteiger partial charge on any atom is -0.354 e. The van der Waals surface area contributed by atoms with Crippen LogP contribution in [0.15, 0.2) is 0 Å². The number of halogens is 1. The number of hydrogen-bond acceptors (Lipinski definition) is 2. The summed E-state index contributed by atoms with van der Waals surface area (Å²) < 4.78 is 10.5. The van der Waals surface area contributed by atoms with E-state index in [1.54, 1.807) is 0 Å². The lowest BCUT2D eigenvalue weighted by Crippen LogP contribution is -2.17. The number of carbonyl (C=O) groups is 1. The maximum absolute atomic E-state index is 10.5. The summed E-state index contributed by atoms with van der Waals surface area (Å²) in [7, 11) is 0.418. The van der Waals surface area contributed by atoms with Gasteiger partial charge in [0.05, 0.1) is 0 Å². The highest BCUT2D eigenvalue weighted by Gasteiger charge is 1.90. The summed E-state index contributed by atoms with van der Waals surface area (Å²) >= 11 is 0. The quantitative estimate of drug-likeness (QED) is 0.400. The third-order valence-corrected chi connectivity index (χ3v) is 0.682. The molecule has 0 aliphatic rings. The molecular formula is CH4FNO2Si. The first-order chi connectivity index (χ1) is 2.81. The molecule has 0 aromatic carbocycles. The summed E-state index contributed by atoms with van der Waals surface area (Å²) in [5, 5.41) is 0. The third-order valence-electron chi connectivity index (χ3n) is 0.274. The second-order valence-electron chi connectivity index (χ2n) is 0.615. The van der Waals surface area contributed by atoms with Crippen LogP contribution >= 0.6 is 0 Å². The topological polar surface area (TPSA) is 38.3 Å². The van der Waals surface area contributed by atoms with Crippen molar-refractivity contribution < 1.29 is 14.3 Å². The maximum atomic E-state index is 10.5. The van der Waals surface area contributed by atoms with Gasteiger partial charge in [0, 0.05) is 4.53 Å². The summed E-state index contributed by atoms with van der Waals surface area (Å²) in [6, 6.07) is 0. The summed E-state index contributed by atoms with van der Waals surface area (Å²) in [5.74, 6) is 0. The molecule has 0 saturated heterocycles. The second-order valence-corrected chi connectivity index (χ2v) is 1.11. The molecule has 0 aliphatic carbocycles. The number of hydrogen-bond donors (Lipinski definition) is 1. The standard InChI is InChI=1S/CH4FNO2Si/c2-5-1(4)3-6/h6H3,(H,3,4). The molecule has 36 valence electrons. The van der Waals surface area contributed by atoms with Crippen molar-refractivity contribution in [2.45, 2.75) is 0 Å². The largest absolute Gasteiger partial charge is 0.436 e. The van der Waals surface area contributed by atoms with Crippen molar-refractivity contribution in [3.8, 4) is 0 Å². The molecule has 5 heteroatoms. The Morgan fingerprint density at radius 3 is 2.50 bits per heavy atom. The Hall–Kier alpha value is -0.583. The van der Waals surface area contributed by atoms with E-state index >= 15 is 0 Å². The van der Waals surface area contributed by atoms with Crippen LogP contribution in [-0.4, -0.2) is 16.5 Å². The van der Waals surface area contributed by atoms with Crippen molar-refractivity contribution in [1.82, 2.24) is 4.98 Å². The Morgan fingerprint density at radius 1 is 2.00 bits per heavy atom. The van der Waals surface area contributed by atoms with Crippen LogP contribution in [0.4, 0.5) is 9.32 Å². The summed E-state index contributed by atoms with van der Waals surface area (Å²) in [5.41, 5.74) is 0. The zero-order chi connectivity index (χ0) is 4.99. The Kier molecular flexibility index (Phi) is 2.39. The molecule has 1 N–H and O–H groups in total. The van der Waals surface area contributed by atoms with Crippen LogP contribution < -0.4 is 4.98 Å². The van der Waals surface area contributed by atoms with Gasteiger partial charge in [-0.2, -0.15) is 0 Å². The minimum atomic E-state index is -1.01. The molecule has 0 heterocycles. The fourth-order valence-electron chi connectivity index (χ4n) is 0.0386. The molecule has 0 saturated carbocycles. The van der Waals surface area contributed by atoms with Crippen LogP contribution in [0, 0.1) is 0 Å². The van der Waals surface area contributed by atoms with Crippen LogP contribution in [0.3, 0.4) is 0 Å². The predicted octanol–water partition coefficient (Wildman–Crippen LogP) is -1.12. The number of rotatable bonds is 0. The Balaban J connectivity index is 2.99. The van der Waals surface area contributed by atoms with Gasteiger partial charge in [0.25, 0.3) is 0 Å². The van der Waals surface area contributed by atoms with E-state index in [1.165, 1.54) is 0 Å². The molecule has 0 aromatic rings. The molecule has 0 aliphatic heterocycles. The van der Waals surface area contributed by atoms with Gasteiger partial charge in [-0.25, -0.2) is 9.74 Å². The van der Waals surface area contributed by atoms with Gasteiger partial charge in [-0.15, -0.1) is 0 Å². The first kappa shape index (κ1) is 5.42. The summed E-state index contributed by atoms with van der Waals surface area (Å²) in [4.78, 5) is 14.2. The lowest BCUT2D eigenvalue weighted by Gasteiger charge is -1.84. The smallest absolute Gasteiger partial charge is 0.354 e. The SMILES string of the molecule is O=C(N[SiH3])OF. The number of amides is 1. The van der Waals surface area contributed by atoms with Crippen LogP contribution in [0.2, 0.25) is 0 Å². The maximum Gasteiger partial charge on any atom is 0.436 e. The van der Waals surface area contributed by atoms with Gasteiger partial charge in [0.15, 0.2) is 0 Å². The molecule has 0 rings (SSSR count). The van der Waals surface area contributed by atoms with Crippen LogP contribution in [0.5, 0.6) is 0 Å². The lowest BCUT2D eigenvalue weighted by atomic mass is 11.3. The van der Waals surface area contributed by atoms with Gasteiger partial charge in [-0.05, 0) is 0 Å². The van der Waals surface area contributed by atoms with Gasteiger partial charge in [-0.1, -0.05) is 0 Å². The van der Waals surface area contributed by atoms with Crippen molar-refractivity contribution in [2.24, 2.45) is 0 Å². The van der Waals surface area contributed by atoms with Crippen molar-refractivity contribution >= 4 is 16.5 Å². The molecule has 0 spiro atoms. The van der Waals surface area contributed by atoms with Crippen LogP contribution in [-0.2, 0) is 4.94 Å². The third kappa shape index (κ3) is 1.71. The lowest BCUT2D eigenvalue weighted by molar-refractivity contribution is -0.0594. The van der Waals surface area contributed by atoms with Gasteiger partial charge >= 0.3 is 6.09 Å².